The molecule has 1 aliphatic rings. The number of nitrogens with one attached hydrogen (secondary N) is 2. The standard InChI is InChI=1S/C13H26N4/c1-2-3-4-5-6-8-11-9-7-10-12(11)16-17-13(14)15/h11H,2-10H2,1H3,(H4,14,15,17)/b16-12+. The highest BCUT2D eigenvalue weighted by atomic mass is 15.3. The molecule has 1 saturated carbocycles. The van der Waals surface area contributed by atoms with Gasteiger partial charge in [-0.15, -0.1) is 0 Å². The Kier molecular flexibility index (Phi) is 6.67. The van der Waals surface area contributed by atoms with Crippen LogP contribution in [0.25, 0.3) is 0 Å². The van der Waals surface area contributed by atoms with Crippen LogP contribution in [-0.4, -0.2) is 11.7 Å². The fraction of sp³-hybridized carbons (Fsp3) is 0.846. The molecule has 0 heterocycles. The van der Waals surface area contributed by atoms with Crippen molar-refractivity contribution in [3.8, 4) is 0 Å². The average Bonchev–Trinajstić information content (AvgIpc) is 2.73. The molecular formula is C13H26N4. The van der Waals surface area contributed by atoms with E-state index in [1.54, 1.807) is 0 Å². The van der Waals surface area contributed by atoms with Gasteiger partial charge in [-0.3, -0.25) is 5.41 Å². The Morgan fingerprint density at radius 1 is 1.41 bits per heavy atom. The van der Waals surface area contributed by atoms with Crippen molar-refractivity contribution in [3.63, 3.8) is 0 Å². The lowest BCUT2D eigenvalue weighted by atomic mass is 9.98. The van der Waals surface area contributed by atoms with E-state index in [2.05, 4.69) is 17.5 Å². The van der Waals surface area contributed by atoms with Crippen LogP contribution in [0.1, 0.15) is 64.7 Å². The third-order valence-electron chi connectivity index (χ3n) is 3.43. The Labute approximate surface area is 105 Å². The fourth-order valence-electron chi connectivity index (χ4n) is 2.48. The van der Waals surface area contributed by atoms with Gasteiger partial charge in [0.05, 0.1) is 0 Å². The summed E-state index contributed by atoms with van der Waals surface area (Å²) in [6, 6.07) is 0. The molecule has 1 rings (SSSR count). The zero-order chi connectivity index (χ0) is 12.5. The van der Waals surface area contributed by atoms with Gasteiger partial charge in [0.15, 0.2) is 0 Å². The van der Waals surface area contributed by atoms with Crippen molar-refractivity contribution in [2.24, 2.45) is 16.8 Å². The third kappa shape index (κ3) is 5.71. The summed E-state index contributed by atoms with van der Waals surface area (Å²) in [5.74, 6) is 0.564. The number of unbranched alkanes of at least 4 members (excludes halogenated alkanes) is 4. The van der Waals surface area contributed by atoms with E-state index in [0.717, 1.165) is 6.42 Å². The molecule has 98 valence electrons. The van der Waals surface area contributed by atoms with Gasteiger partial charge in [0.2, 0.25) is 5.96 Å². The van der Waals surface area contributed by atoms with Crippen molar-refractivity contribution >= 4 is 11.7 Å². The molecule has 0 bridgehead atoms. The lowest BCUT2D eigenvalue weighted by Gasteiger charge is -2.10. The molecule has 4 N–H and O–H groups in total. The van der Waals surface area contributed by atoms with Crippen LogP contribution in [0.3, 0.4) is 0 Å². The third-order valence-corrected chi connectivity index (χ3v) is 3.43. The largest absolute Gasteiger partial charge is 0.369 e. The van der Waals surface area contributed by atoms with E-state index in [1.807, 2.05) is 0 Å². The van der Waals surface area contributed by atoms with Gasteiger partial charge in [-0.05, 0) is 31.6 Å². The monoisotopic (exact) mass is 238 g/mol. The van der Waals surface area contributed by atoms with Gasteiger partial charge < -0.3 is 5.73 Å². The van der Waals surface area contributed by atoms with E-state index >= 15 is 0 Å². The Balaban J connectivity index is 2.22. The second-order valence-corrected chi connectivity index (χ2v) is 4.92. The molecule has 0 radical (unpaired) electrons. The van der Waals surface area contributed by atoms with Crippen LogP contribution in [0.5, 0.6) is 0 Å². The number of nitrogens with two attached hydrogens (primary N) is 1. The molecule has 17 heavy (non-hydrogen) atoms. The molecule has 0 amide bonds. The fourth-order valence-corrected chi connectivity index (χ4v) is 2.48. The molecule has 0 aromatic carbocycles. The van der Waals surface area contributed by atoms with Crippen molar-refractivity contribution in [1.29, 1.82) is 5.41 Å². The Morgan fingerprint density at radius 2 is 2.18 bits per heavy atom. The van der Waals surface area contributed by atoms with Gasteiger partial charge in [0.1, 0.15) is 0 Å². The zero-order valence-electron chi connectivity index (χ0n) is 11.0. The van der Waals surface area contributed by atoms with Crippen LogP contribution in [-0.2, 0) is 0 Å². The van der Waals surface area contributed by atoms with E-state index in [1.165, 1.54) is 57.1 Å². The second-order valence-electron chi connectivity index (χ2n) is 4.92. The number of rotatable bonds is 7. The number of hydrazone groups is 1. The number of hydrogen-bond donors (Lipinski definition) is 3. The first-order chi connectivity index (χ1) is 8.24. The molecule has 0 spiro atoms. The predicted molar refractivity (Wildman–Crippen MR) is 73.2 cm³/mol. The molecule has 4 nitrogen and oxygen atoms in total. The smallest absolute Gasteiger partial charge is 0.206 e. The van der Waals surface area contributed by atoms with E-state index in [0.29, 0.717) is 5.92 Å². The van der Waals surface area contributed by atoms with E-state index < -0.39 is 0 Å². The summed E-state index contributed by atoms with van der Waals surface area (Å²) in [4.78, 5) is 0. The van der Waals surface area contributed by atoms with Gasteiger partial charge in [0.25, 0.3) is 0 Å². The topological polar surface area (TPSA) is 74.3 Å². The highest BCUT2D eigenvalue weighted by Gasteiger charge is 2.22. The highest BCUT2D eigenvalue weighted by molar-refractivity contribution is 5.89. The van der Waals surface area contributed by atoms with E-state index in [4.69, 9.17) is 11.1 Å². The zero-order valence-corrected chi connectivity index (χ0v) is 11.0. The molecule has 0 aromatic rings. The maximum absolute atomic E-state index is 7.10. The van der Waals surface area contributed by atoms with Crippen molar-refractivity contribution in [1.82, 2.24) is 5.43 Å². The van der Waals surface area contributed by atoms with Gasteiger partial charge in [-0.25, -0.2) is 5.43 Å². The number of hydrogen-bond acceptors (Lipinski definition) is 2. The highest BCUT2D eigenvalue weighted by Crippen LogP contribution is 2.27. The van der Waals surface area contributed by atoms with Crippen LogP contribution >= 0.6 is 0 Å². The van der Waals surface area contributed by atoms with Gasteiger partial charge in [-0.1, -0.05) is 39.0 Å². The summed E-state index contributed by atoms with van der Waals surface area (Å²) < 4.78 is 0. The summed E-state index contributed by atoms with van der Waals surface area (Å²) in [7, 11) is 0. The predicted octanol–water partition coefficient (Wildman–Crippen LogP) is 2.99. The SMILES string of the molecule is CCCCCCCC1CCC/C1=N\NC(=N)N. The normalized spacial score (nSPS) is 21.9. The summed E-state index contributed by atoms with van der Waals surface area (Å²) in [6.07, 6.45) is 11.5. The minimum Gasteiger partial charge on any atom is -0.369 e. The van der Waals surface area contributed by atoms with Crippen molar-refractivity contribution in [2.75, 3.05) is 0 Å². The minimum absolute atomic E-state index is 0.0638. The molecule has 0 aromatic heterocycles. The van der Waals surface area contributed by atoms with Crippen LogP contribution in [0.15, 0.2) is 5.10 Å². The molecule has 4 heteroatoms. The molecule has 1 unspecified atom stereocenters. The lowest BCUT2D eigenvalue weighted by Crippen LogP contribution is -2.27. The average molecular weight is 238 g/mol. The molecular weight excluding hydrogens is 212 g/mol. The Hall–Kier alpha value is -1.06. The number of guanidine groups is 1. The maximum Gasteiger partial charge on any atom is 0.206 e. The first-order valence-corrected chi connectivity index (χ1v) is 6.90. The van der Waals surface area contributed by atoms with Crippen LogP contribution in [0.2, 0.25) is 0 Å². The van der Waals surface area contributed by atoms with E-state index in [-0.39, 0.29) is 5.96 Å². The van der Waals surface area contributed by atoms with Gasteiger partial charge >= 0.3 is 0 Å². The summed E-state index contributed by atoms with van der Waals surface area (Å²) in [5, 5.41) is 11.3. The Morgan fingerprint density at radius 3 is 2.88 bits per heavy atom. The first-order valence-electron chi connectivity index (χ1n) is 6.90. The van der Waals surface area contributed by atoms with Crippen molar-refractivity contribution in [3.05, 3.63) is 0 Å². The van der Waals surface area contributed by atoms with E-state index in [9.17, 15) is 0 Å². The summed E-state index contributed by atoms with van der Waals surface area (Å²) in [6.45, 7) is 2.25. The van der Waals surface area contributed by atoms with Crippen molar-refractivity contribution < 1.29 is 0 Å². The maximum atomic E-state index is 7.10. The van der Waals surface area contributed by atoms with Crippen molar-refractivity contribution in [2.45, 2.75) is 64.7 Å². The molecule has 1 fully saturated rings. The van der Waals surface area contributed by atoms with Crippen LogP contribution < -0.4 is 11.2 Å². The number of nitrogens with zero attached hydrogens (tertiary/aromatic N) is 1. The van der Waals surface area contributed by atoms with Crippen LogP contribution in [0, 0.1) is 11.3 Å². The molecule has 1 aliphatic carbocycles. The summed E-state index contributed by atoms with van der Waals surface area (Å²) in [5.41, 5.74) is 9.03. The Bertz CT molecular complexity index is 260. The molecule has 0 aliphatic heterocycles. The van der Waals surface area contributed by atoms with Gasteiger partial charge in [0, 0.05) is 5.71 Å². The quantitative estimate of drug-likeness (QED) is 0.276. The summed E-state index contributed by atoms with van der Waals surface area (Å²) >= 11 is 0. The molecule has 1 atom stereocenters. The molecule has 0 saturated heterocycles. The van der Waals surface area contributed by atoms with Gasteiger partial charge in [-0.2, -0.15) is 5.10 Å². The van der Waals surface area contributed by atoms with Crippen LogP contribution in [0.4, 0.5) is 0 Å². The second kappa shape index (κ2) is 8.09. The first kappa shape index (κ1) is 14.0. The minimum atomic E-state index is -0.0638. The lowest BCUT2D eigenvalue weighted by molar-refractivity contribution is 0.535.